The van der Waals surface area contributed by atoms with Crippen molar-refractivity contribution in [1.29, 1.82) is 0 Å². The van der Waals surface area contributed by atoms with Gasteiger partial charge in [-0.05, 0) is 68.7 Å². The van der Waals surface area contributed by atoms with Crippen LogP contribution in [0.1, 0.15) is 5.69 Å². The summed E-state index contributed by atoms with van der Waals surface area (Å²) >= 11 is 3.05. The van der Waals surface area contributed by atoms with E-state index in [4.69, 9.17) is 0 Å². The number of carbonyl (C=O) groups is 1. The summed E-state index contributed by atoms with van der Waals surface area (Å²) in [6.45, 7) is 0. The van der Waals surface area contributed by atoms with Gasteiger partial charge in [-0.1, -0.05) is 5.16 Å². The molecule has 2 aromatic carbocycles. The Morgan fingerprint density at radius 1 is 1.07 bits per heavy atom. The van der Waals surface area contributed by atoms with Crippen LogP contribution in [0.4, 0.5) is 26.4 Å². The van der Waals surface area contributed by atoms with Gasteiger partial charge in [0.1, 0.15) is 11.6 Å². The minimum atomic E-state index is -0.676. The van der Waals surface area contributed by atoms with Crippen molar-refractivity contribution >= 4 is 45.0 Å². The van der Waals surface area contributed by atoms with E-state index in [0.29, 0.717) is 11.4 Å². The second kappa shape index (κ2) is 8.35. The molecule has 5 N–H and O–H groups in total. The Labute approximate surface area is 165 Å². The van der Waals surface area contributed by atoms with Gasteiger partial charge in [-0.3, -0.25) is 5.32 Å². The van der Waals surface area contributed by atoms with Crippen LogP contribution in [-0.2, 0) is 0 Å². The summed E-state index contributed by atoms with van der Waals surface area (Å²) in [5.41, 5.74) is 0.700. The zero-order valence-electron chi connectivity index (χ0n) is 13.8. The molecule has 0 aliphatic rings. The summed E-state index contributed by atoms with van der Waals surface area (Å²) in [5, 5.41) is 36.4. The maximum atomic E-state index is 13.3. The van der Waals surface area contributed by atoms with Crippen molar-refractivity contribution in [2.45, 2.75) is 0 Å². The monoisotopic (exact) mass is 450 g/mol. The molecule has 3 aromatic rings. The van der Waals surface area contributed by atoms with Crippen molar-refractivity contribution in [1.82, 2.24) is 10.3 Å². The molecule has 0 spiro atoms. The predicted octanol–water partition coefficient (Wildman–Crippen LogP) is 3.57. The number of nitrogens with zero attached hydrogens (tertiary/aromatic N) is 3. The topological polar surface area (TPSA) is 145 Å². The molecule has 2 amide bonds. The summed E-state index contributed by atoms with van der Waals surface area (Å²) in [7, 11) is 0. The summed E-state index contributed by atoms with van der Waals surface area (Å²) in [5.74, 6) is -0.738. The maximum Gasteiger partial charge on any atom is 0.325 e. The molecule has 144 valence electrons. The van der Waals surface area contributed by atoms with E-state index in [9.17, 15) is 19.5 Å². The number of aromatic nitrogens is 2. The molecule has 0 aliphatic heterocycles. The van der Waals surface area contributed by atoms with Crippen LogP contribution in [0, 0.1) is 5.82 Å². The first-order valence-corrected chi connectivity index (χ1v) is 8.39. The Bertz CT molecular complexity index is 1020. The van der Waals surface area contributed by atoms with Gasteiger partial charge in [-0.15, -0.1) is 0 Å². The average molecular weight is 451 g/mol. The van der Waals surface area contributed by atoms with Crippen molar-refractivity contribution < 1.29 is 24.1 Å². The Kier molecular flexibility index (Phi) is 5.69. The highest BCUT2D eigenvalue weighted by Crippen LogP contribution is 2.21. The molecule has 0 saturated heterocycles. The third-order valence-electron chi connectivity index (χ3n) is 3.35. The lowest BCUT2D eigenvalue weighted by Gasteiger charge is -2.09. The molecule has 1 aromatic heterocycles. The minimum absolute atomic E-state index is 0.0521. The predicted molar refractivity (Wildman–Crippen MR) is 101 cm³/mol. The number of phenolic OH excluding ortho intramolecular Hbond substituents is 1. The zero-order valence-corrected chi connectivity index (χ0v) is 15.4. The van der Waals surface area contributed by atoms with E-state index >= 15 is 0 Å². The summed E-state index contributed by atoms with van der Waals surface area (Å²) in [4.78, 5) is 12.1. The standard InChI is InChI=1S/C16H12BrFN6O4/c17-11-7-9(3-6-12(11)18)19-14(22-27)13-15(24-28-23-13)21-16(26)20-8-1-4-10(25)5-2-8/h1-7,25,27H,(H,19,22)(H2,20,21,24,26). The number of rotatable bonds is 4. The van der Waals surface area contributed by atoms with Crippen LogP contribution >= 0.6 is 15.9 Å². The number of hydrogen-bond donors (Lipinski definition) is 5. The summed E-state index contributed by atoms with van der Waals surface area (Å²) < 4.78 is 18.1. The molecule has 10 nitrogen and oxygen atoms in total. The smallest absolute Gasteiger partial charge is 0.325 e. The third-order valence-corrected chi connectivity index (χ3v) is 3.96. The van der Waals surface area contributed by atoms with Crippen molar-refractivity contribution in [2.24, 2.45) is 5.16 Å². The number of anilines is 3. The molecule has 0 radical (unpaired) electrons. The summed E-state index contributed by atoms with van der Waals surface area (Å²) in [6.07, 6.45) is 0. The highest BCUT2D eigenvalue weighted by molar-refractivity contribution is 9.10. The highest BCUT2D eigenvalue weighted by Gasteiger charge is 2.20. The molecular weight excluding hydrogens is 439 g/mol. The van der Waals surface area contributed by atoms with E-state index in [1.807, 2.05) is 0 Å². The first-order chi connectivity index (χ1) is 13.5. The van der Waals surface area contributed by atoms with E-state index in [1.54, 1.807) is 0 Å². The Morgan fingerprint density at radius 3 is 2.46 bits per heavy atom. The lowest BCUT2D eigenvalue weighted by molar-refractivity contribution is 0.261. The normalized spacial score (nSPS) is 11.1. The fourth-order valence-electron chi connectivity index (χ4n) is 2.08. The van der Waals surface area contributed by atoms with Crippen molar-refractivity contribution in [3.63, 3.8) is 0 Å². The van der Waals surface area contributed by atoms with Crippen LogP contribution in [0.3, 0.4) is 0 Å². The molecular formula is C16H12BrFN6O4. The molecule has 28 heavy (non-hydrogen) atoms. The number of amidine groups is 1. The fourth-order valence-corrected chi connectivity index (χ4v) is 2.46. The van der Waals surface area contributed by atoms with Gasteiger partial charge in [0.25, 0.3) is 0 Å². The maximum absolute atomic E-state index is 13.3. The first-order valence-electron chi connectivity index (χ1n) is 7.60. The zero-order chi connectivity index (χ0) is 20.1. The number of oxime groups is 1. The largest absolute Gasteiger partial charge is 0.508 e. The number of benzene rings is 2. The number of phenols is 1. The summed E-state index contributed by atoms with van der Waals surface area (Å²) in [6, 6.07) is 9.13. The number of urea groups is 1. The van der Waals surface area contributed by atoms with Gasteiger partial charge in [0, 0.05) is 11.4 Å². The minimum Gasteiger partial charge on any atom is -0.508 e. The van der Waals surface area contributed by atoms with Crippen molar-refractivity contribution in [2.75, 3.05) is 16.0 Å². The molecule has 1 heterocycles. The van der Waals surface area contributed by atoms with Crippen LogP contribution in [0.5, 0.6) is 5.75 Å². The second-order valence-electron chi connectivity index (χ2n) is 5.29. The molecule has 0 aliphatic carbocycles. The number of nitrogens with one attached hydrogen (secondary N) is 3. The average Bonchev–Trinajstić information content (AvgIpc) is 3.12. The Morgan fingerprint density at radius 2 is 1.79 bits per heavy atom. The van der Waals surface area contributed by atoms with Gasteiger partial charge in [0.15, 0.2) is 5.69 Å². The van der Waals surface area contributed by atoms with Crippen LogP contribution in [-0.4, -0.2) is 32.5 Å². The highest BCUT2D eigenvalue weighted by atomic mass is 79.9. The van der Waals surface area contributed by atoms with Crippen LogP contribution < -0.4 is 16.0 Å². The molecule has 0 fully saturated rings. The van der Waals surface area contributed by atoms with Gasteiger partial charge in [-0.2, -0.15) is 0 Å². The van der Waals surface area contributed by atoms with Gasteiger partial charge in [0.05, 0.1) is 4.47 Å². The van der Waals surface area contributed by atoms with Gasteiger partial charge >= 0.3 is 6.03 Å². The van der Waals surface area contributed by atoms with Crippen LogP contribution in [0.25, 0.3) is 0 Å². The number of aromatic hydroxyl groups is 1. The SMILES string of the molecule is O=C(Nc1ccc(O)cc1)Nc1nonc1C(=NO)Nc1ccc(F)c(Br)c1. The first kappa shape index (κ1) is 19.1. The van der Waals surface area contributed by atoms with Crippen molar-refractivity contribution in [3.8, 4) is 5.75 Å². The van der Waals surface area contributed by atoms with E-state index in [0.717, 1.165) is 0 Å². The van der Waals surface area contributed by atoms with E-state index in [-0.39, 0.29) is 27.6 Å². The molecule has 3 rings (SSSR count). The molecule has 0 atom stereocenters. The lowest BCUT2D eigenvalue weighted by atomic mass is 10.3. The quantitative estimate of drug-likeness (QED) is 0.134. The molecule has 0 unspecified atom stereocenters. The van der Waals surface area contributed by atoms with Crippen molar-refractivity contribution in [3.05, 3.63) is 58.4 Å². The molecule has 0 bridgehead atoms. The Balaban J connectivity index is 1.73. The number of halogens is 2. The number of amides is 2. The number of carbonyl (C=O) groups excluding carboxylic acids is 1. The van der Waals surface area contributed by atoms with E-state index in [2.05, 4.69) is 52.0 Å². The number of hydrogen-bond acceptors (Lipinski definition) is 7. The van der Waals surface area contributed by atoms with Gasteiger partial charge in [-0.25, -0.2) is 13.8 Å². The fraction of sp³-hybridized carbons (Fsp3) is 0. The van der Waals surface area contributed by atoms with Crippen LogP contribution in [0.2, 0.25) is 0 Å². The molecule has 0 saturated carbocycles. The second-order valence-corrected chi connectivity index (χ2v) is 6.14. The van der Waals surface area contributed by atoms with Crippen LogP contribution in [0.15, 0.2) is 56.7 Å². The van der Waals surface area contributed by atoms with Gasteiger partial charge < -0.3 is 20.9 Å². The Hall–Kier alpha value is -3.67. The molecule has 12 heteroatoms. The van der Waals surface area contributed by atoms with E-state index in [1.165, 1.54) is 42.5 Å². The lowest BCUT2D eigenvalue weighted by Crippen LogP contribution is -2.23. The van der Waals surface area contributed by atoms with E-state index < -0.39 is 11.8 Å². The third kappa shape index (κ3) is 4.54. The van der Waals surface area contributed by atoms with Gasteiger partial charge in [0.2, 0.25) is 11.7 Å².